The molecule has 92 valence electrons. The van der Waals surface area contributed by atoms with E-state index in [-0.39, 0.29) is 0 Å². The second-order valence-corrected chi connectivity index (χ2v) is 5.19. The number of nitrogens with zero attached hydrogens (tertiary/aromatic N) is 2. The lowest BCUT2D eigenvalue weighted by atomic mass is 9.86. The molecule has 2 unspecified atom stereocenters. The van der Waals surface area contributed by atoms with Crippen LogP contribution in [0.1, 0.15) is 30.7 Å². The number of aromatic nitrogens is 1. The van der Waals surface area contributed by atoms with Crippen LogP contribution in [-0.4, -0.2) is 42.1 Å². The molecule has 3 heterocycles. The molecule has 17 heavy (non-hydrogen) atoms. The van der Waals surface area contributed by atoms with Crippen LogP contribution in [0.5, 0.6) is 0 Å². The Balaban J connectivity index is 1.85. The van der Waals surface area contributed by atoms with Gasteiger partial charge in [0, 0.05) is 44.0 Å². The molecule has 3 heteroatoms. The molecule has 0 amide bonds. The Morgan fingerprint density at radius 2 is 2.06 bits per heavy atom. The molecule has 0 aromatic carbocycles. The summed E-state index contributed by atoms with van der Waals surface area (Å²) in [5.74, 6) is 0.640. The van der Waals surface area contributed by atoms with Gasteiger partial charge in [0.25, 0.3) is 0 Å². The van der Waals surface area contributed by atoms with Crippen LogP contribution in [0.4, 0.5) is 0 Å². The third kappa shape index (κ3) is 2.35. The number of hydrogen-bond donors (Lipinski definition) is 1. The van der Waals surface area contributed by atoms with Crippen molar-refractivity contribution in [1.82, 2.24) is 15.2 Å². The van der Waals surface area contributed by atoms with E-state index in [1.807, 2.05) is 12.4 Å². The molecule has 2 fully saturated rings. The molecule has 1 N–H and O–H groups in total. The summed E-state index contributed by atoms with van der Waals surface area (Å²) in [5, 5.41) is 3.59. The molecule has 1 aromatic heterocycles. The van der Waals surface area contributed by atoms with Crippen LogP contribution < -0.4 is 5.32 Å². The maximum absolute atomic E-state index is 4.13. The average Bonchev–Trinajstić information content (AvgIpc) is 2.62. The van der Waals surface area contributed by atoms with Gasteiger partial charge in [0.2, 0.25) is 0 Å². The van der Waals surface area contributed by atoms with E-state index in [1.54, 1.807) is 0 Å². The van der Waals surface area contributed by atoms with Gasteiger partial charge in [-0.05, 0) is 37.1 Å². The molecule has 2 aliphatic rings. The Bertz CT molecular complexity index is 352. The Hall–Kier alpha value is -0.930. The van der Waals surface area contributed by atoms with Gasteiger partial charge < -0.3 is 5.32 Å². The molecule has 0 bridgehead atoms. The number of hydrogen-bond acceptors (Lipinski definition) is 3. The monoisotopic (exact) mass is 231 g/mol. The van der Waals surface area contributed by atoms with Crippen molar-refractivity contribution < 1.29 is 0 Å². The van der Waals surface area contributed by atoms with E-state index in [4.69, 9.17) is 0 Å². The fourth-order valence-electron chi connectivity index (χ4n) is 3.32. The predicted molar refractivity (Wildman–Crippen MR) is 69.1 cm³/mol. The first-order valence-corrected chi connectivity index (χ1v) is 6.80. The van der Waals surface area contributed by atoms with Crippen molar-refractivity contribution in [2.75, 3.05) is 26.2 Å². The summed E-state index contributed by atoms with van der Waals surface area (Å²) >= 11 is 0. The molecule has 3 nitrogen and oxygen atoms in total. The smallest absolute Gasteiger partial charge is 0.0270 e. The molecule has 2 saturated heterocycles. The Morgan fingerprint density at radius 1 is 1.18 bits per heavy atom. The van der Waals surface area contributed by atoms with Crippen LogP contribution in [-0.2, 0) is 0 Å². The summed E-state index contributed by atoms with van der Waals surface area (Å²) in [7, 11) is 0. The van der Waals surface area contributed by atoms with Crippen LogP contribution in [0.25, 0.3) is 0 Å². The molecule has 2 aliphatic heterocycles. The number of nitrogens with one attached hydrogen (secondary N) is 1. The maximum atomic E-state index is 4.13. The van der Waals surface area contributed by atoms with Gasteiger partial charge in [-0.3, -0.25) is 9.88 Å². The molecule has 0 aliphatic carbocycles. The Morgan fingerprint density at radius 3 is 2.94 bits per heavy atom. The third-order valence-corrected chi connectivity index (χ3v) is 4.20. The summed E-state index contributed by atoms with van der Waals surface area (Å²) in [6.45, 7) is 4.75. The molecular weight excluding hydrogens is 210 g/mol. The number of fused-ring (bicyclic) bond motifs is 1. The number of piperidine rings is 1. The second kappa shape index (κ2) is 5.15. The molecule has 0 radical (unpaired) electrons. The van der Waals surface area contributed by atoms with Crippen LogP contribution in [0.2, 0.25) is 0 Å². The zero-order chi connectivity index (χ0) is 11.5. The molecule has 1 aromatic rings. The van der Waals surface area contributed by atoms with E-state index in [0.29, 0.717) is 5.92 Å². The van der Waals surface area contributed by atoms with Crippen molar-refractivity contribution in [2.45, 2.75) is 31.2 Å². The van der Waals surface area contributed by atoms with Gasteiger partial charge in [-0.25, -0.2) is 0 Å². The number of pyridine rings is 1. The summed E-state index contributed by atoms with van der Waals surface area (Å²) in [4.78, 5) is 6.82. The first-order valence-electron chi connectivity index (χ1n) is 6.80. The molecule has 3 rings (SSSR count). The van der Waals surface area contributed by atoms with Crippen molar-refractivity contribution in [3.8, 4) is 0 Å². The predicted octanol–water partition coefficient (Wildman–Crippen LogP) is 1.62. The van der Waals surface area contributed by atoms with Gasteiger partial charge in [-0.2, -0.15) is 0 Å². The highest BCUT2D eigenvalue weighted by atomic mass is 15.2. The minimum absolute atomic E-state index is 0.640. The molecule has 2 atom stereocenters. The lowest BCUT2D eigenvalue weighted by molar-refractivity contribution is 0.142. The third-order valence-electron chi connectivity index (χ3n) is 4.20. The van der Waals surface area contributed by atoms with E-state index in [2.05, 4.69) is 27.3 Å². The van der Waals surface area contributed by atoms with E-state index < -0.39 is 0 Å². The van der Waals surface area contributed by atoms with E-state index in [0.717, 1.165) is 19.1 Å². The quantitative estimate of drug-likeness (QED) is 0.796. The first-order chi connectivity index (χ1) is 8.45. The van der Waals surface area contributed by atoms with Gasteiger partial charge in [0.1, 0.15) is 0 Å². The highest BCUT2D eigenvalue weighted by Crippen LogP contribution is 2.30. The summed E-state index contributed by atoms with van der Waals surface area (Å²) in [5.41, 5.74) is 1.45. The van der Waals surface area contributed by atoms with Gasteiger partial charge >= 0.3 is 0 Å². The van der Waals surface area contributed by atoms with Crippen molar-refractivity contribution in [1.29, 1.82) is 0 Å². The second-order valence-electron chi connectivity index (χ2n) is 5.19. The van der Waals surface area contributed by atoms with Gasteiger partial charge in [0.15, 0.2) is 0 Å². The zero-order valence-electron chi connectivity index (χ0n) is 10.3. The maximum Gasteiger partial charge on any atom is 0.0270 e. The van der Waals surface area contributed by atoms with Crippen molar-refractivity contribution >= 4 is 0 Å². The molecule has 0 saturated carbocycles. The highest BCUT2D eigenvalue weighted by Gasteiger charge is 2.32. The van der Waals surface area contributed by atoms with Crippen LogP contribution in [0.3, 0.4) is 0 Å². The zero-order valence-corrected chi connectivity index (χ0v) is 10.3. The van der Waals surface area contributed by atoms with Crippen molar-refractivity contribution in [3.63, 3.8) is 0 Å². The van der Waals surface area contributed by atoms with E-state index >= 15 is 0 Å². The van der Waals surface area contributed by atoms with Gasteiger partial charge in [-0.1, -0.05) is 6.42 Å². The number of rotatable bonds is 1. The summed E-state index contributed by atoms with van der Waals surface area (Å²) in [6, 6.07) is 5.11. The molecule has 0 spiro atoms. The van der Waals surface area contributed by atoms with Crippen LogP contribution >= 0.6 is 0 Å². The van der Waals surface area contributed by atoms with Crippen LogP contribution in [0.15, 0.2) is 24.5 Å². The SMILES string of the molecule is c1cc(C2CNCCN3CCCCC23)ccn1. The first kappa shape index (κ1) is 11.2. The van der Waals surface area contributed by atoms with E-state index in [1.165, 1.54) is 37.9 Å². The molecular formula is C14H21N3. The normalized spacial score (nSPS) is 30.6. The lowest BCUT2D eigenvalue weighted by Crippen LogP contribution is -2.43. The minimum atomic E-state index is 0.640. The van der Waals surface area contributed by atoms with Crippen LogP contribution in [0, 0.1) is 0 Å². The summed E-state index contributed by atoms with van der Waals surface area (Å²) < 4.78 is 0. The van der Waals surface area contributed by atoms with Crippen molar-refractivity contribution in [2.24, 2.45) is 0 Å². The highest BCUT2D eigenvalue weighted by molar-refractivity contribution is 5.19. The fraction of sp³-hybridized carbons (Fsp3) is 0.643. The summed E-state index contributed by atoms with van der Waals surface area (Å²) in [6.07, 6.45) is 7.97. The van der Waals surface area contributed by atoms with Crippen molar-refractivity contribution in [3.05, 3.63) is 30.1 Å². The Labute approximate surface area is 103 Å². The lowest BCUT2D eigenvalue weighted by Gasteiger charge is -2.38. The van der Waals surface area contributed by atoms with Gasteiger partial charge in [-0.15, -0.1) is 0 Å². The Kier molecular flexibility index (Phi) is 3.39. The largest absolute Gasteiger partial charge is 0.315 e. The average molecular weight is 231 g/mol. The topological polar surface area (TPSA) is 28.2 Å². The standard InChI is InChI=1S/C14H21N3/c1-2-9-17-10-8-16-11-13(14(17)3-1)12-4-6-15-7-5-12/h4-7,13-14,16H,1-3,8-11H2. The minimum Gasteiger partial charge on any atom is -0.315 e. The fourth-order valence-corrected chi connectivity index (χ4v) is 3.32. The van der Waals surface area contributed by atoms with E-state index in [9.17, 15) is 0 Å². The van der Waals surface area contributed by atoms with Gasteiger partial charge in [0.05, 0.1) is 0 Å².